The molecule has 1 aliphatic rings. The van der Waals surface area contributed by atoms with Gasteiger partial charge in [0.25, 0.3) is 15.9 Å². The van der Waals surface area contributed by atoms with Gasteiger partial charge in [-0.3, -0.25) is 19.4 Å². The van der Waals surface area contributed by atoms with Gasteiger partial charge in [0.2, 0.25) is 0 Å². The van der Waals surface area contributed by atoms with Crippen LogP contribution >= 0.6 is 23.2 Å². The van der Waals surface area contributed by atoms with E-state index in [4.69, 9.17) is 27.9 Å². The van der Waals surface area contributed by atoms with E-state index < -0.39 is 10.0 Å². The van der Waals surface area contributed by atoms with E-state index in [0.29, 0.717) is 23.9 Å². The summed E-state index contributed by atoms with van der Waals surface area (Å²) in [6.07, 6.45) is 3.58. The SMILES string of the molecule is O=C(NCCN1CCN(c2ccncc2)CC1)c1cccc(S(=O)(=O)Nc2ccccc2Oc2ccc(Cl)cc2Cl)c1. The Bertz CT molecular complexity index is 1650. The Labute approximate surface area is 255 Å². The highest BCUT2D eigenvalue weighted by molar-refractivity contribution is 7.92. The molecule has 1 fully saturated rings. The van der Waals surface area contributed by atoms with Crippen molar-refractivity contribution in [2.24, 2.45) is 0 Å². The third kappa shape index (κ3) is 7.51. The van der Waals surface area contributed by atoms with E-state index in [-0.39, 0.29) is 32.8 Å². The summed E-state index contributed by atoms with van der Waals surface area (Å²) in [6.45, 7) is 4.70. The second-order valence-electron chi connectivity index (χ2n) is 9.60. The van der Waals surface area contributed by atoms with Crippen LogP contribution in [-0.4, -0.2) is 63.5 Å². The van der Waals surface area contributed by atoms with E-state index in [2.05, 4.69) is 24.8 Å². The number of benzene rings is 3. The highest BCUT2D eigenvalue weighted by atomic mass is 35.5. The molecule has 3 aromatic carbocycles. The van der Waals surface area contributed by atoms with Gasteiger partial charge in [-0.15, -0.1) is 0 Å². The molecule has 1 amide bonds. The number of amides is 1. The summed E-state index contributed by atoms with van der Waals surface area (Å²) in [5, 5.41) is 3.64. The number of ether oxygens (including phenoxy) is 1. The predicted molar refractivity (Wildman–Crippen MR) is 165 cm³/mol. The Kier molecular flexibility index (Phi) is 9.48. The Morgan fingerprint density at radius 3 is 2.40 bits per heavy atom. The molecule has 5 rings (SSSR count). The molecular weight excluding hydrogens is 597 g/mol. The Morgan fingerprint density at radius 2 is 1.64 bits per heavy atom. The number of anilines is 2. The maximum absolute atomic E-state index is 13.3. The van der Waals surface area contributed by atoms with E-state index in [1.807, 2.05) is 12.1 Å². The zero-order valence-electron chi connectivity index (χ0n) is 22.5. The number of aromatic nitrogens is 1. The highest BCUT2D eigenvalue weighted by Crippen LogP contribution is 2.35. The van der Waals surface area contributed by atoms with Gasteiger partial charge in [0.05, 0.1) is 15.6 Å². The molecule has 218 valence electrons. The van der Waals surface area contributed by atoms with Crippen LogP contribution in [0.5, 0.6) is 11.5 Å². The van der Waals surface area contributed by atoms with Crippen LogP contribution in [-0.2, 0) is 10.0 Å². The number of sulfonamides is 1. The van der Waals surface area contributed by atoms with Crippen LogP contribution in [0.4, 0.5) is 11.4 Å². The summed E-state index contributed by atoms with van der Waals surface area (Å²) in [7, 11) is -4.05. The molecule has 0 atom stereocenters. The van der Waals surface area contributed by atoms with E-state index in [9.17, 15) is 13.2 Å². The number of carbonyl (C=O) groups is 1. The summed E-state index contributed by atoms with van der Waals surface area (Å²) >= 11 is 12.2. The quantitative estimate of drug-likeness (QED) is 0.239. The molecular formula is C30H29Cl2N5O4S. The minimum atomic E-state index is -4.05. The summed E-state index contributed by atoms with van der Waals surface area (Å²) in [4.78, 5) is 21.5. The van der Waals surface area contributed by atoms with Crippen LogP contribution < -0.4 is 19.7 Å². The van der Waals surface area contributed by atoms with Crippen LogP contribution in [0.2, 0.25) is 10.0 Å². The molecule has 0 aliphatic carbocycles. The lowest BCUT2D eigenvalue weighted by atomic mass is 10.2. The first-order valence-electron chi connectivity index (χ1n) is 13.3. The van der Waals surface area contributed by atoms with Crippen molar-refractivity contribution < 1.29 is 17.9 Å². The maximum atomic E-state index is 13.3. The van der Waals surface area contributed by atoms with Gasteiger partial charge >= 0.3 is 0 Å². The molecule has 0 bridgehead atoms. The van der Waals surface area contributed by atoms with Crippen molar-refractivity contribution in [1.82, 2.24) is 15.2 Å². The molecule has 1 aliphatic heterocycles. The molecule has 0 unspecified atom stereocenters. The van der Waals surface area contributed by atoms with Crippen molar-refractivity contribution in [3.8, 4) is 11.5 Å². The Balaban J connectivity index is 1.17. The van der Waals surface area contributed by atoms with Crippen molar-refractivity contribution in [3.63, 3.8) is 0 Å². The number of hydrogen-bond acceptors (Lipinski definition) is 7. The number of pyridine rings is 1. The number of nitrogens with one attached hydrogen (secondary N) is 2. The van der Waals surface area contributed by atoms with Gasteiger partial charge in [0.1, 0.15) is 5.75 Å². The standard InChI is InChI=1S/C30H29Cl2N5O4S/c31-23-8-9-28(26(32)21-23)41-29-7-2-1-6-27(29)35-42(39,40)25-5-3-4-22(20-25)30(38)34-14-15-36-16-18-37(19-17-36)24-10-12-33-13-11-24/h1-13,20-21,35H,14-19H2,(H,34,38). The van der Waals surface area contributed by atoms with Crippen LogP contribution in [0.15, 0.2) is 96.2 Å². The second kappa shape index (κ2) is 13.4. The average molecular weight is 627 g/mol. The summed E-state index contributed by atoms with van der Waals surface area (Å²) in [5.41, 5.74) is 1.62. The van der Waals surface area contributed by atoms with Gasteiger partial charge in [-0.05, 0) is 60.7 Å². The molecule has 42 heavy (non-hydrogen) atoms. The van der Waals surface area contributed by atoms with Crippen molar-refractivity contribution in [2.45, 2.75) is 4.90 Å². The fourth-order valence-corrected chi connectivity index (χ4v) is 6.10. The van der Waals surface area contributed by atoms with Gasteiger partial charge in [0, 0.05) is 67.9 Å². The lowest BCUT2D eigenvalue weighted by molar-refractivity contribution is 0.0947. The second-order valence-corrected chi connectivity index (χ2v) is 12.1. The number of nitrogens with zero attached hydrogens (tertiary/aromatic N) is 3. The summed E-state index contributed by atoms with van der Waals surface area (Å²) < 4.78 is 35.0. The first-order chi connectivity index (χ1) is 20.3. The van der Waals surface area contributed by atoms with Crippen LogP contribution in [0.25, 0.3) is 0 Å². The van der Waals surface area contributed by atoms with Crippen molar-refractivity contribution in [3.05, 3.63) is 107 Å². The van der Waals surface area contributed by atoms with Gasteiger partial charge in [-0.1, -0.05) is 41.4 Å². The molecule has 2 N–H and O–H groups in total. The maximum Gasteiger partial charge on any atom is 0.262 e. The molecule has 1 saturated heterocycles. The largest absolute Gasteiger partial charge is 0.454 e. The average Bonchev–Trinajstić information content (AvgIpc) is 3.00. The lowest BCUT2D eigenvalue weighted by Gasteiger charge is -2.36. The first kappa shape index (κ1) is 29.7. The topological polar surface area (TPSA) is 104 Å². The monoisotopic (exact) mass is 625 g/mol. The molecule has 1 aromatic heterocycles. The minimum absolute atomic E-state index is 0.0540. The fourth-order valence-electron chi connectivity index (χ4n) is 4.54. The molecule has 4 aromatic rings. The van der Waals surface area contributed by atoms with E-state index in [1.54, 1.807) is 54.9 Å². The number of rotatable bonds is 10. The Hall–Kier alpha value is -3.83. The normalized spacial score (nSPS) is 13.9. The van der Waals surface area contributed by atoms with Crippen molar-refractivity contribution >= 4 is 50.5 Å². The van der Waals surface area contributed by atoms with Gasteiger partial charge in [-0.25, -0.2) is 8.42 Å². The van der Waals surface area contributed by atoms with Gasteiger partial charge in [-0.2, -0.15) is 0 Å². The van der Waals surface area contributed by atoms with Crippen molar-refractivity contribution in [2.75, 3.05) is 48.9 Å². The van der Waals surface area contributed by atoms with E-state index in [1.165, 1.54) is 24.3 Å². The van der Waals surface area contributed by atoms with Crippen LogP contribution in [0, 0.1) is 0 Å². The lowest BCUT2D eigenvalue weighted by Crippen LogP contribution is -2.48. The third-order valence-corrected chi connectivity index (χ3v) is 8.66. The molecule has 12 heteroatoms. The molecule has 0 radical (unpaired) electrons. The Morgan fingerprint density at radius 1 is 0.881 bits per heavy atom. The number of carbonyl (C=O) groups excluding carboxylic acids is 1. The van der Waals surface area contributed by atoms with Gasteiger partial charge in [0.15, 0.2) is 5.75 Å². The number of halogens is 2. The smallest absolute Gasteiger partial charge is 0.262 e. The summed E-state index contributed by atoms with van der Waals surface area (Å²) in [6, 6.07) is 21.2. The molecule has 0 saturated carbocycles. The molecule has 0 spiro atoms. The number of hydrogen-bond donors (Lipinski definition) is 2. The van der Waals surface area contributed by atoms with E-state index >= 15 is 0 Å². The third-order valence-electron chi connectivity index (χ3n) is 6.77. The zero-order chi connectivity index (χ0) is 29.5. The number of para-hydroxylation sites is 2. The minimum Gasteiger partial charge on any atom is -0.454 e. The van der Waals surface area contributed by atoms with Crippen molar-refractivity contribution in [1.29, 1.82) is 0 Å². The molecule has 2 heterocycles. The van der Waals surface area contributed by atoms with Crippen LogP contribution in [0.1, 0.15) is 10.4 Å². The highest BCUT2D eigenvalue weighted by Gasteiger charge is 2.20. The van der Waals surface area contributed by atoms with Gasteiger partial charge < -0.3 is 15.0 Å². The summed E-state index contributed by atoms with van der Waals surface area (Å²) in [5.74, 6) is 0.228. The number of piperazine rings is 1. The predicted octanol–water partition coefficient (Wildman–Crippen LogP) is 5.53. The fraction of sp³-hybridized carbons (Fsp3) is 0.200. The van der Waals surface area contributed by atoms with Crippen LogP contribution in [0.3, 0.4) is 0 Å². The molecule has 9 nitrogen and oxygen atoms in total. The first-order valence-corrected chi connectivity index (χ1v) is 15.5. The van der Waals surface area contributed by atoms with E-state index in [0.717, 1.165) is 31.9 Å². The zero-order valence-corrected chi connectivity index (χ0v) is 24.9.